The molecule has 0 spiro atoms. The highest BCUT2D eigenvalue weighted by molar-refractivity contribution is 7.97. The Morgan fingerprint density at radius 3 is 3.19 bits per heavy atom. The van der Waals surface area contributed by atoms with Crippen LogP contribution in [-0.2, 0) is 11.6 Å². The van der Waals surface area contributed by atoms with Gasteiger partial charge in [-0.2, -0.15) is 5.26 Å². The summed E-state index contributed by atoms with van der Waals surface area (Å²) in [6.45, 7) is 0. The molecule has 0 atom stereocenters. The molecule has 16 heavy (non-hydrogen) atoms. The summed E-state index contributed by atoms with van der Waals surface area (Å²) >= 11 is 1.84. The summed E-state index contributed by atoms with van der Waals surface area (Å²) < 4.78 is 2.21. The monoisotopic (exact) mass is 227 g/mol. The number of nitrogens with zero attached hydrogens (tertiary/aromatic N) is 3. The van der Waals surface area contributed by atoms with E-state index in [0.29, 0.717) is 0 Å². The number of fused-ring (bicyclic) bond motifs is 1. The van der Waals surface area contributed by atoms with Gasteiger partial charge in [-0.3, -0.25) is 4.98 Å². The molecule has 0 unspecified atom stereocenters. The molecule has 3 nitrogen and oxygen atoms in total. The Morgan fingerprint density at radius 2 is 2.44 bits per heavy atom. The van der Waals surface area contributed by atoms with Crippen molar-refractivity contribution in [2.24, 2.45) is 0 Å². The number of hydrogen-bond acceptors (Lipinski definition) is 3. The van der Waals surface area contributed by atoms with Crippen molar-refractivity contribution in [1.82, 2.24) is 9.55 Å². The smallest absolute Gasteiger partial charge is 0.101 e. The van der Waals surface area contributed by atoms with Gasteiger partial charge < -0.3 is 4.57 Å². The molecule has 1 aliphatic rings. The van der Waals surface area contributed by atoms with Crippen molar-refractivity contribution in [3.8, 4) is 17.3 Å². The summed E-state index contributed by atoms with van der Waals surface area (Å²) in [4.78, 5) is 4.12. The first-order valence-electron chi connectivity index (χ1n) is 5.01. The Bertz CT molecular complexity index is 566. The van der Waals surface area contributed by atoms with E-state index in [-0.39, 0.29) is 0 Å². The molecule has 2 aromatic heterocycles. The molecular weight excluding hydrogens is 218 g/mol. The predicted molar refractivity (Wildman–Crippen MR) is 63.7 cm³/mol. The van der Waals surface area contributed by atoms with Crippen LogP contribution in [0.4, 0.5) is 0 Å². The van der Waals surface area contributed by atoms with E-state index < -0.39 is 0 Å². The summed E-state index contributed by atoms with van der Waals surface area (Å²) in [6, 6.07) is 8.17. The van der Waals surface area contributed by atoms with Crippen molar-refractivity contribution >= 4 is 11.8 Å². The van der Waals surface area contributed by atoms with Gasteiger partial charge in [0.15, 0.2) is 0 Å². The molecule has 0 saturated heterocycles. The van der Waals surface area contributed by atoms with Gasteiger partial charge in [-0.25, -0.2) is 0 Å². The maximum atomic E-state index is 9.07. The number of thioether (sulfide) groups is 1. The molecule has 3 rings (SSSR count). The molecular formula is C12H9N3S. The summed E-state index contributed by atoms with van der Waals surface area (Å²) in [5, 5.41) is 9.07. The van der Waals surface area contributed by atoms with E-state index in [1.807, 2.05) is 36.2 Å². The first kappa shape index (κ1) is 9.49. The molecule has 0 N–H and O–H groups in total. The van der Waals surface area contributed by atoms with E-state index in [4.69, 9.17) is 5.26 Å². The van der Waals surface area contributed by atoms with Crippen molar-refractivity contribution in [1.29, 1.82) is 5.26 Å². The minimum absolute atomic E-state index is 0.795. The quantitative estimate of drug-likeness (QED) is 0.752. The van der Waals surface area contributed by atoms with E-state index in [9.17, 15) is 0 Å². The van der Waals surface area contributed by atoms with Crippen molar-refractivity contribution < 1.29 is 0 Å². The van der Waals surface area contributed by atoms with Crippen LogP contribution in [0.3, 0.4) is 0 Å². The summed E-state index contributed by atoms with van der Waals surface area (Å²) in [7, 11) is 0. The molecule has 0 aliphatic carbocycles. The lowest BCUT2D eigenvalue weighted by atomic mass is 10.2. The lowest BCUT2D eigenvalue weighted by Gasteiger charge is -2.04. The molecule has 0 fully saturated rings. The first-order valence-corrected chi connectivity index (χ1v) is 6.16. The van der Waals surface area contributed by atoms with Crippen molar-refractivity contribution in [3.63, 3.8) is 0 Å². The van der Waals surface area contributed by atoms with E-state index in [2.05, 4.69) is 15.6 Å². The molecule has 78 valence electrons. The zero-order valence-electron chi connectivity index (χ0n) is 8.55. The average molecular weight is 227 g/mol. The molecule has 0 amide bonds. The Balaban J connectivity index is 2.20. The molecule has 0 saturated carbocycles. The third-order valence-electron chi connectivity index (χ3n) is 2.75. The average Bonchev–Trinajstić information content (AvgIpc) is 2.91. The van der Waals surface area contributed by atoms with Crippen LogP contribution in [0, 0.1) is 11.3 Å². The lowest BCUT2D eigenvalue weighted by Crippen LogP contribution is -1.94. The Hall–Kier alpha value is -1.73. The van der Waals surface area contributed by atoms with E-state index >= 15 is 0 Å². The zero-order chi connectivity index (χ0) is 11.0. The highest BCUT2D eigenvalue weighted by Crippen LogP contribution is 2.34. The van der Waals surface area contributed by atoms with Gasteiger partial charge in [0.2, 0.25) is 0 Å². The highest BCUT2D eigenvalue weighted by atomic mass is 32.2. The topological polar surface area (TPSA) is 41.6 Å². The van der Waals surface area contributed by atoms with E-state index in [0.717, 1.165) is 34.1 Å². The second-order valence-electron chi connectivity index (χ2n) is 3.65. The molecule has 1 aliphatic heterocycles. The van der Waals surface area contributed by atoms with Crippen LogP contribution in [0.25, 0.3) is 11.3 Å². The maximum Gasteiger partial charge on any atom is 0.101 e. The summed E-state index contributed by atoms with van der Waals surface area (Å²) in [6.07, 6.45) is 3.60. The van der Waals surface area contributed by atoms with Gasteiger partial charge >= 0.3 is 0 Å². The van der Waals surface area contributed by atoms with Crippen molar-refractivity contribution in [3.05, 3.63) is 41.9 Å². The largest absolute Gasteiger partial charge is 0.333 e. The number of hydrogen-bond donors (Lipinski definition) is 0. The van der Waals surface area contributed by atoms with Gasteiger partial charge in [-0.15, -0.1) is 11.8 Å². The van der Waals surface area contributed by atoms with Crippen LogP contribution in [0.2, 0.25) is 0 Å². The third kappa shape index (κ3) is 1.33. The molecule has 4 heteroatoms. The molecule has 0 aromatic carbocycles. The number of rotatable bonds is 1. The van der Waals surface area contributed by atoms with Crippen molar-refractivity contribution in [2.75, 3.05) is 0 Å². The molecule has 0 radical (unpaired) electrons. The van der Waals surface area contributed by atoms with Gasteiger partial charge in [-0.1, -0.05) is 0 Å². The molecule has 2 aromatic rings. The third-order valence-corrected chi connectivity index (χ3v) is 3.66. The fourth-order valence-electron chi connectivity index (χ4n) is 1.98. The molecule has 0 bridgehead atoms. The first-order chi connectivity index (χ1) is 7.90. The van der Waals surface area contributed by atoms with Gasteiger partial charge in [0, 0.05) is 29.4 Å². The Kier molecular flexibility index (Phi) is 2.19. The number of aromatic nitrogens is 2. The highest BCUT2D eigenvalue weighted by Gasteiger charge is 2.20. The van der Waals surface area contributed by atoms with E-state index in [1.165, 1.54) is 0 Å². The fraction of sp³-hybridized carbons (Fsp3) is 0.167. The lowest BCUT2D eigenvalue weighted by molar-refractivity contribution is 0.894. The number of pyridine rings is 1. The normalized spacial score (nSPS) is 13.4. The SMILES string of the molecule is N#Cc1cc(-c2cccnc2)n2c1CSC2. The van der Waals surface area contributed by atoms with Gasteiger partial charge in [-0.05, 0) is 18.2 Å². The summed E-state index contributed by atoms with van der Waals surface area (Å²) in [5.41, 5.74) is 4.12. The zero-order valence-corrected chi connectivity index (χ0v) is 9.37. The van der Waals surface area contributed by atoms with Crippen LogP contribution in [0.5, 0.6) is 0 Å². The van der Waals surface area contributed by atoms with Crippen LogP contribution >= 0.6 is 11.8 Å². The minimum Gasteiger partial charge on any atom is -0.333 e. The van der Waals surface area contributed by atoms with Crippen LogP contribution in [-0.4, -0.2) is 9.55 Å². The summed E-state index contributed by atoms with van der Waals surface area (Å²) in [5.74, 6) is 1.87. The standard InChI is InChI=1S/C12H9N3S/c13-5-10-4-11(9-2-1-3-14-6-9)15-8-16-7-12(10)15/h1-4,6H,7-8H2. The Morgan fingerprint density at radius 1 is 1.50 bits per heavy atom. The molecule has 3 heterocycles. The minimum atomic E-state index is 0.795. The second kappa shape index (κ2) is 3.69. The van der Waals surface area contributed by atoms with Crippen LogP contribution < -0.4 is 0 Å². The number of nitriles is 1. The second-order valence-corrected chi connectivity index (χ2v) is 4.60. The van der Waals surface area contributed by atoms with Crippen molar-refractivity contribution in [2.45, 2.75) is 11.6 Å². The fourth-order valence-corrected chi connectivity index (χ4v) is 3.05. The van der Waals surface area contributed by atoms with Crippen LogP contribution in [0.1, 0.15) is 11.3 Å². The van der Waals surface area contributed by atoms with Gasteiger partial charge in [0.05, 0.1) is 17.1 Å². The Labute approximate surface area is 97.7 Å². The van der Waals surface area contributed by atoms with Crippen LogP contribution in [0.15, 0.2) is 30.6 Å². The van der Waals surface area contributed by atoms with Gasteiger partial charge in [0.25, 0.3) is 0 Å². The van der Waals surface area contributed by atoms with E-state index in [1.54, 1.807) is 6.20 Å². The predicted octanol–water partition coefficient (Wildman–Crippen LogP) is 2.63. The van der Waals surface area contributed by atoms with Gasteiger partial charge in [0.1, 0.15) is 6.07 Å². The maximum absolute atomic E-state index is 9.07.